The van der Waals surface area contributed by atoms with Crippen LogP contribution in [-0.2, 0) is 4.74 Å². The zero-order chi connectivity index (χ0) is 12.4. The summed E-state index contributed by atoms with van der Waals surface area (Å²) in [6.07, 6.45) is 0.332. The first kappa shape index (κ1) is 13.2. The van der Waals surface area contributed by atoms with E-state index in [9.17, 15) is 4.79 Å². The average Bonchev–Trinajstić information content (AvgIpc) is 2.60. The number of likely N-dealkylation sites (tertiary alicyclic amines) is 1. The number of carbonyl (C=O) groups excluding carboxylic acids is 1. The number of hydrogen-bond donors (Lipinski definition) is 1. The molecule has 1 heterocycles. The van der Waals surface area contributed by atoms with Crippen molar-refractivity contribution >= 4 is 18.7 Å². The number of nitriles is 1. The van der Waals surface area contributed by atoms with E-state index in [1.54, 1.807) is 4.90 Å². The molecule has 0 aromatic heterocycles. The second kappa shape index (κ2) is 4.54. The number of ether oxygens (including phenoxy) is 1. The van der Waals surface area contributed by atoms with E-state index in [0.29, 0.717) is 25.3 Å². The van der Waals surface area contributed by atoms with E-state index in [-0.39, 0.29) is 6.09 Å². The average molecular weight is 242 g/mol. The maximum absolute atomic E-state index is 11.7. The number of hydrogen-bond acceptors (Lipinski definition) is 4. The van der Waals surface area contributed by atoms with E-state index in [1.165, 1.54) is 0 Å². The molecule has 16 heavy (non-hydrogen) atoms. The summed E-state index contributed by atoms with van der Waals surface area (Å²) in [4.78, 5) is 13.3. The predicted octanol–water partition coefficient (Wildman–Crippen LogP) is 2.07. The van der Waals surface area contributed by atoms with Crippen LogP contribution in [0.3, 0.4) is 0 Å². The lowest BCUT2D eigenvalue weighted by Gasteiger charge is -2.25. The van der Waals surface area contributed by atoms with Gasteiger partial charge in [-0.05, 0) is 27.2 Å². The van der Waals surface area contributed by atoms with Gasteiger partial charge in [-0.3, -0.25) is 0 Å². The maximum Gasteiger partial charge on any atom is 0.410 e. The van der Waals surface area contributed by atoms with Crippen LogP contribution in [0.1, 0.15) is 27.2 Å². The van der Waals surface area contributed by atoms with Crippen LogP contribution in [0.25, 0.3) is 0 Å². The number of rotatable bonds is 1. The van der Waals surface area contributed by atoms with E-state index in [2.05, 4.69) is 18.7 Å². The summed E-state index contributed by atoms with van der Waals surface area (Å²) in [5, 5.41) is 9.07. The van der Waals surface area contributed by atoms with E-state index in [0.717, 1.165) is 0 Å². The van der Waals surface area contributed by atoms with Gasteiger partial charge in [-0.25, -0.2) is 4.79 Å². The van der Waals surface area contributed by atoms with Crippen molar-refractivity contribution < 1.29 is 9.53 Å². The van der Waals surface area contributed by atoms with Gasteiger partial charge in [0.15, 0.2) is 0 Å². The van der Waals surface area contributed by atoms with Crippen molar-refractivity contribution in [3.05, 3.63) is 0 Å². The van der Waals surface area contributed by atoms with Gasteiger partial charge in [0, 0.05) is 18.8 Å². The van der Waals surface area contributed by atoms with Crippen molar-refractivity contribution in [1.82, 2.24) is 4.90 Å². The summed E-state index contributed by atoms with van der Waals surface area (Å²) >= 11 is 4.18. The Kier molecular flexibility index (Phi) is 3.74. The fourth-order valence-electron chi connectivity index (χ4n) is 1.61. The van der Waals surface area contributed by atoms with Gasteiger partial charge in [0.1, 0.15) is 5.60 Å². The summed E-state index contributed by atoms with van der Waals surface area (Å²) in [5.74, 6) is 0.475. The summed E-state index contributed by atoms with van der Waals surface area (Å²) in [6, 6.07) is 2.25. The zero-order valence-corrected chi connectivity index (χ0v) is 10.9. The molecule has 0 aromatic carbocycles. The van der Waals surface area contributed by atoms with Crippen molar-refractivity contribution in [3.63, 3.8) is 0 Å². The quantitative estimate of drug-likeness (QED) is 0.716. The first-order valence-electron chi connectivity index (χ1n) is 5.32. The van der Waals surface area contributed by atoms with Crippen LogP contribution in [0.5, 0.6) is 0 Å². The minimum absolute atomic E-state index is 0.341. The summed E-state index contributed by atoms with van der Waals surface area (Å²) in [7, 11) is 0. The third kappa shape index (κ3) is 3.05. The van der Waals surface area contributed by atoms with Gasteiger partial charge in [0.05, 0.1) is 11.5 Å². The molecular weight excluding hydrogens is 224 g/mol. The van der Waals surface area contributed by atoms with Gasteiger partial charge in [0.25, 0.3) is 0 Å². The van der Waals surface area contributed by atoms with Gasteiger partial charge < -0.3 is 9.64 Å². The molecule has 90 valence electrons. The monoisotopic (exact) mass is 242 g/mol. The molecule has 0 aliphatic carbocycles. The third-order valence-electron chi connectivity index (χ3n) is 2.55. The van der Waals surface area contributed by atoms with E-state index >= 15 is 0 Å². The van der Waals surface area contributed by atoms with Crippen molar-refractivity contribution in [2.45, 2.75) is 32.8 Å². The molecule has 1 aliphatic rings. The first-order valence-corrected chi connectivity index (χ1v) is 5.95. The van der Waals surface area contributed by atoms with Crippen LogP contribution in [0.15, 0.2) is 0 Å². The van der Waals surface area contributed by atoms with Crippen molar-refractivity contribution in [3.8, 4) is 6.07 Å². The lowest BCUT2D eigenvalue weighted by Crippen LogP contribution is -2.37. The van der Waals surface area contributed by atoms with Gasteiger partial charge in [-0.15, -0.1) is 0 Å². The van der Waals surface area contributed by atoms with Gasteiger partial charge in [-0.2, -0.15) is 17.9 Å². The van der Waals surface area contributed by atoms with Crippen LogP contribution in [0, 0.1) is 16.7 Å². The van der Waals surface area contributed by atoms with Crippen molar-refractivity contribution in [2.24, 2.45) is 5.41 Å². The van der Waals surface area contributed by atoms with E-state index < -0.39 is 11.0 Å². The van der Waals surface area contributed by atoms with Crippen LogP contribution in [0.4, 0.5) is 4.79 Å². The highest BCUT2D eigenvalue weighted by molar-refractivity contribution is 7.80. The predicted molar refractivity (Wildman–Crippen MR) is 64.3 cm³/mol. The largest absolute Gasteiger partial charge is 0.444 e. The van der Waals surface area contributed by atoms with Gasteiger partial charge >= 0.3 is 6.09 Å². The Morgan fingerprint density at radius 1 is 1.62 bits per heavy atom. The molecular formula is C11H18N2O2S. The molecule has 1 saturated heterocycles. The molecule has 1 fully saturated rings. The number of amides is 1. The Hall–Kier alpha value is -0.890. The highest BCUT2D eigenvalue weighted by atomic mass is 32.1. The maximum atomic E-state index is 11.7. The standard InChI is InChI=1S/C11H18N2O2S/c1-10(2,3)15-9(14)13-5-4-11(6-12,7-13)8-16/h16H,4-5,7-8H2,1-3H3. The molecule has 1 rings (SSSR count). The van der Waals surface area contributed by atoms with Crippen molar-refractivity contribution in [2.75, 3.05) is 18.8 Å². The molecule has 1 amide bonds. The van der Waals surface area contributed by atoms with E-state index in [1.807, 2.05) is 20.8 Å². The molecule has 0 saturated carbocycles. The highest BCUT2D eigenvalue weighted by Crippen LogP contribution is 2.31. The SMILES string of the molecule is CC(C)(C)OC(=O)N1CCC(C#N)(CS)C1. The lowest BCUT2D eigenvalue weighted by atomic mass is 9.92. The Balaban J connectivity index is 2.60. The minimum atomic E-state index is -0.500. The molecule has 0 N–H and O–H groups in total. The summed E-state index contributed by atoms with van der Waals surface area (Å²) < 4.78 is 5.26. The number of carbonyl (C=O) groups is 1. The molecule has 1 atom stereocenters. The molecule has 1 unspecified atom stereocenters. The number of nitrogens with zero attached hydrogens (tertiary/aromatic N) is 2. The Morgan fingerprint density at radius 2 is 2.25 bits per heavy atom. The Morgan fingerprint density at radius 3 is 2.62 bits per heavy atom. The molecule has 5 heteroatoms. The fraction of sp³-hybridized carbons (Fsp3) is 0.818. The van der Waals surface area contributed by atoms with Crippen LogP contribution in [-0.4, -0.2) is 35.4 Å². The molecule has 0 bridgehead atoms. The molecule has 1 aliphatic heterocycles. The fourth-order valence-corrected chi connectivity index (χ4v) is 1.94. The Labute approximate surface area is 102 Å². The normalized spacial score (nSPS) is 25.3. The summed E-state index contributed by atoms with van der Waals surface area (Å²) in [5.41, 5.74) is -0.990. The second-order valence-electron chi connectivity index (χ2n) is 5.20. The zero-order valence-electron chi connectivity index (χ0n) is 9.99. The molecule has 4 nitrogen and oxygen atoms in total. The van der Waals surface area contributed by atoms with Gasteiger partial charge in [0.2, 0.25) is 0 Å². The van der Waals surface area contributed by atoms with E-state index in [4.69, 9.17) is 10.00 Å². The number of thiol groups is 1. The molecule has 0 aromatic rings. The first-order chi connectivity index (χ1) is 7.32. The Bertz CT molecular complexity index is 319. The van der Waals surface area contributed by atoms with Gasteiger partial charge in [-0.1, -0.05) is 0 Å². The van der Waals surface area contributed by atoms with Crippen molar-refractivity contribution in [1.29, 1.82) is 5.26 Å². The minimum Gasteiger partial charge on any atom is -0.444 e. The summed E-state index contributed by atoms with van der Waals surface area (Å²) in [6.45, 7) is 6.48. The lowest BCUT2D eigenvalue weighted by molar-refractivity contribution is 0.0284. The second-order valence-corrected chi connectivity index (χ2v) is 5.52. The molecule has 0 spiro atoms. The van der Waals surface area contributed by atoms with Crippen LogP contribution in [0.2, 0.25) is 0 Å². The smallest absolute Gasteiger partial charge is 0.410 e. The van der Waals surface area contributed by atoms with Crippen LogP contribution < -0.4 is 0 Å². The topological polar surface area (TPSA) is 53.3 Å². The molecule has 0 radical (unpaired) electrons. The van der Waals surface area contributed by atoms with Crippen LogP contribution >= 0.6 is 12.6 Å². The highest BCUT2D eigenvalue weighted by Gasteiger charge is 2.40. The third-order valence-corrected chi connectivity index (χ3v) is 3.15.